The normalized spacial score (nSPS) is 11.6. The molecule has 0 saturated heterocycles. The molecule has 0 aliphatic heterocycles. The molecule has 0 spiro atoms. The van der Waals surface area contributed by atoms with Crippen LogP contribution in [0, 0.1) is 0 Å². The summed E-state index contributed by atoms with van der Waals surface area (Å²) in [5.74, 6) is -0.836. The van der Waals surface area contributed by atoms with Crippen molar-refractivity contribution in [2.75, 3.05) is 24.3 Å². The molecule has 1 heterocycles. The van der Waals surface area contributed by atoms with Gasteiger partial charge in [0.05, 0.1) is 27.9 Å². The molecule has 32 heavy (non-hydrogen) atoms. The molecule has 2 aromatic carbocycles. The summed E-state index contributed by atoms with van der Waals surface area (Å²) in [5, 5.41) is 3.08. The molecule has 0 radical (unpaired) electrons. The average Bonchev–Trinajstić information content (AvgIpc) is 2.76. The average molecular weight is 465 g/mol. The van der Waals surface area contributed by atoms with Gasteiger partial charge in [0.2, 0.25) is 5.91 Å². The number of halogens is 3. The van der Waals surface area contributed by atoms with E-state index in [0.717, 1.165) is 17.8 Å². The molecular formula is C22H22F3N3O3S. The lowest BCUT2D eigenvalue weighted by atomic mass is 10.1. The zero-order valence-corrected chi connectivity index (χ0v) is 18.1. The van der Waals surface area contributed by atoms with Crippen molar-refractivity contribution in [2.24, 2.45) is 0 Å². The first-order chi connectivity index (χ1) is 15.3. The zero-order chi connectivity index (χ0) is 23.1. The van der Waals surface area contributed by atoms with Gasteiger partial charge in [-0.1, -0.05) is 36.0 Å². The minimum Gasteiger partial charge on any atom is -0.382 e. The van der Waals surface area contributed by atoms with Crippen molar-refractivity contribution < 1.29 is 22.7 Å². The van der Waals surface area contributed by atoms with Crippen molar-refractivity contribution >= 4 is 34.3 Å². The molecule has 0 saturated carbocycles. The number of carbonyl (C=O) groups is 1. The quantitative estimate of drug-likeness (QED) is 0.285. The maximum Gasteiger partial charge on any atom is 0.418 e. The molecule has 10 heteroatoms. The third-order valence-electron chi connectivity index (χ3n) is 4.54. The van der Waals surface area contributed by atoms with Gasteiger partial charge in [0, 0.05) is 19.8 Å². The van der Waals surface area contributed by atoms with Crippen LogP contribution >= 0.6 is 11.8 Å². The van der Waals surface area contributed by atoms with E-state index in [-0.39, 0.29) is 17.0 Å². The van der Waals surface area contributed by atoms with Crippen LogP contribution in [0.5, 0.6) is 0 Å². The fraction of sp³-hybridized carbons (Fsp3) is 0.318. The summed E-state index contributed by atoms with van der Waals surface area (Å²) >= 11 is 0.998. The van der Waals surface area contributed by atoms with E-state index in [2.05, 4.69) is 10.3 Å². The van der Waals surface area contributed by atoms with Crippen molar-refractivity contribution in [3.05, 3.63) is 64.4 Å². The Labute approximate surface area is 186 Å². The Morgan fingerprint density at radius 3 is 2.62 bits per heavy atom. The Morgan fingerprint density at radius 2 is 1.88 bits per heavy atom. The van der Waals surface area contributed by atoms with E-state index in [1.165, 1.54) is 22.8 Å². The van der Waals surface area contributed by atoms with Gasteiger partial charge >= 0.3 is 6.18 Å². The van der Waals surface area contributed by atoms with E-state index in [1.54, 1.807) is 24.3 Å². The Hall–Kier alpha value is -2.85. The van der Waals surface area contributed by atoms with Gasteiger partial charge in [-0.25, -0.2) is 4.98 Å². The highest BCUT2D eigenvalue weighted by Gasteiger charge is 2.33. The number of nitrogens with one attached hydrogen (secondary N) is 1. The number of ether oxygens (including phenoxy) is 1. The van der Waals surface area contributed by atoms with Crippen molar-refractivity contribution in [1.29, 1.82) is 0 Å². The number of benzene rings is 2. The Morgan fingerprint density at radius 1 is 1.16 bits per heavy atom. The summed E-state index contributed by atoms with van der Waals surface area (Å²) in [6, 6.07) is 11.7. The van der Waals surface area contributed by atoms with Gasteiger partial charge in [-0.15, -0.1) is 0 Å². The Bertz CT molecular complexity index is 1150. The largest absolute Gasteiger partial charge is 0.418 e. The fourth-order valence-electron chi connectivity index (χ4n) is 3.08. The van der Waals surface area contributed by atoms with Crippen LogP contribution in [0.2, 0.25) is 0 Å². The SMILES string of the molecule is CCOCCCn1c(SCC(=O)Nc2ccccc2C(F)(F)F)nc2ccccc2c1=O. The highest BCUT2D eigenvalue weighted by Crippen LogP contribution is 2.34. The van der Waals surface area contributed by atoms with Crippen LogP contribution in [0.4, 0.5) is 18.9 Å². The van der Waals surface area contributed by atoms with Gasteiger partial charge in [-0.3, -0.25) is 14.2 Å². The van der Waals surface area contributed by atoms with E-state index in [4.69, 9.17) is 4.74 Å². The minimum absolute atomic E-state index is 0.206. The molecule has 6 nitrogen and oxygen atoms in total. The molecular weight excluding hydrogens is 443 g/mol. The first-order valence-corrected chi connectivity index (χ1v) is 11.0. The van der Waals surface area contributed by atoms with Crippen LogP contribution in [0.1, 0.15) is 18.9 Å². The number of hydrogen-bond donors (Lipinski definition) is 1. The van der Waals surface area contributed by atoms with Gasteiger partial charge in [0.25, 0.3) is 5.56 Å². The van der Waals surface area contributed by atoms with Crippen molar-refractivity contribution in [1.82, 2.24) is 9.55 Å². The molecule has 1 aromatic heterocycles. The Balaban J connectivity index is 1.79. The summed E-state index contributed by atoms with van der Waals surface area (Å²) in [6.07, 6.45) is -4.01. The lowest BCUT2D eigenvalue weighted by Gasteiger charge is -2.15. The van der Waals surface area contributed by atoms with E-state index in [0.29, 0.717) is 42.2 Å². The number of hydrogen-bond acceptors (Lipinski definition) is 5. The van der Waals surface area contributed by atoms with E-state index in [9.17, 15) is 22.8 Å². The standard InChI is InChI=1S/C22H22F3N3O3S/c1-2-31-13-7-12-28-20(30)15-8-3-5-10-17(15)27-21(28)32-14-19(29)26-18-11-6-4-9-16(18)22(23,24)25/h3-6,8-11H,2,7,12-14H2,1H3,(H,26,29). The van der Waals surface area contributed by atoms with E-state index >= 15 is 0 Å². The molecule has 0 aliphatic rings. The lowest BCUT2D eigenvalue weighted by molar-refractivity contribution is -0.137. The number of fused-ring (bicyclic) bond motifs is 1. The fourth-order valence-corrected chi connectivity index (χ4v) is 3.91. The molecule has 0 aliphatic carbocycles. The van der Waals surface area contributed by atoms with Crippen LogP contribution in [0.25, 0.3) is 10.9 Å². The molecule has 0 bridgehead atoms. The summed E-state index contributed by atoms with van der Waals surface area (Å²) < 4.78 is 46.3. The number of aromatic nitrogens is 2. The third-order valence-corrected chi connectivity index (χ3v) is 5.52. The summed E-state index contributed by atoms with van der Waals surface area (Å²) in [4.78, 5) is 29.8. The smallest absolute Gasteiger partial charge is 0.382 e. The molecule has 1 N–H and O–H groups in total. The maximum atomic E-state index is 13.2. The molecule has 0 atom stereocenters. The van der Waals surface area contributed by atoms with Gasteiger partial charge in [0.15, 0.2) is 5.16 Å². The van der Waals surface area contributed by atoms with Gasteiger partial charge in [-0.2, -0.15) is 13.2 Å². The second-order valence-corrected chi connectivity index (χ2v) is 7.74. The summed E-state index contributed by atoms with van der Waals surface area (Å²) in [7, 11) is 0. The number of alkyl halides is 3. The molecule has 1 amide bonds. The number of para-hydroxylation sites is 2. The predicted octanol–water partition coefficient (Wildman–Crippen LogP) is 4.57. The maximum absolute atomic E-state index is 13.2. The van der Waals surface area contributed by atoms with Gasteiger partial charge in [0.1, 0.15) is 0 Å². The molecule has 0 unspecified atom stereocenters. The topological polar surface area (TPSA) is 73.2 Å². The number of carbonyl (C=O) groups excluding carboxylic acids is 1. The van der Waals surface area contributed by atoms with Crippen LogP contribution in [0.15, 0.2) is 58.5 Å². The molecule has 170 valence electrons. The third kappa shape index (κ3) is 5.89. The van der Waals surface area contributed by atoms with Gasteiger partial charge < -0.3 is 10.1 Å². The van der Waals surface area contributed by atoms with E-state index in [1.807, 2.05) is 6.92 Å². The van der Waals surface area contributed by atoms with Crippen LogP contribution in [0.3, 0.4) is 0 Å². The number of thioether (sulfide) groups is 1. The van der Waals surface area contributed by atoms with Crippen molar-refractivity contribution in [3.8, 4) is 0 Å². The first kappa shape index (κ1) is 23.8. The minimum atomic E-state index is -4.59. The van der Waals surface area contributed by atoms with Crippen molar-refractivity contribution in [3.63, 3.8) is 0 Å². The van der Waals surface area contributed by atoms with Crippen LogP contribution in [-0.4, -0.2) is 34.4 Å². The second kappa shape index (κ2) is 10.6. The summed E-state index contributed by atoms with van der Waals surface area (Å²) in [5.41, 5.74) is -0.984. The van der Waals surface area contributed by atoms with Gasteiger partial charge in [-0.05, 0) is 37.6 Å². The number of amides is 1. The van der Waals surface area contributed by atoms with E-state index < -0.39 is 17.6 Å². The highest BCUT2D eigenvalue weighted by atomic mass is 32.2. The zero-order valence-electron chi connectivity index (χ0n) is 17.3. The first-order valence-electron chi connectivity index (χ1n) is 9.97. The number of anilines is 1. The molecule has 3 aromatic rings. The Kier molecular flexibility index (Phi) is 7.92. The highest BCUT2D eigenvalue weighted by molar-refractivity contribution is 7.99. The molecule has 0 fully saturated rings. The van der Waals surface area contributed by atoms with Crippen molar-refractivity contribution in [2.45, 2.75) is 31.2 Å². The number of rotatable bonds is 9. The summed E-state index contributed by atoms with van der Waals surface area (Å²) in [6.45, 7) is 3.25. The second-order valence-electron chi connectivity index (χ2n) is 6.80. The monoisotopic (exact) mass is 465 g/mol. The van der Waals surface area contributed by atoms with Crippen LogP contribution in [-0.2, 0) is 22.3 Å². The lowest BCUT2D eigenvalue weighted by Crippen LogP contribution is -2.25. The number of nitrogens with zero attached hydrogens (tertiary/aromatic N) is 2. The molecule has 3 rings (SSSR count). The predicted molar refractivity (Wildman–Crippen MR) is 118 cm³/mol. The van der Waals surface area contributed by atoms with Crippen LogP contribution < -0.4 is 10.9 Å².